The number of fused-ring (bicyclic) bond motifs is 1. The molecule has 18 heavy (non-hydrogen) atoms. The summed E-state index contributed by atoms with van der Waals surface area (Å²) in [6, 6.07) is 4.43. The maximum atomic E-state index is 8.96. The van der Waals surface area contributed by atoms with Gasteiger partial charge in [0.1, 0.15) is 0 Å². The van der Waals surface area contributed by atoms with Crippen molar-refractivity contribution in [3.8, 4) is 11.5 Å². The van der Waals surface area contributed by atoms with Crippen molar-refractivity contribution in [2.45, 2.75) is 25.3 Å². The molecule has 0 fully saturated rings. The molecule has 0 aliphatic carbocycles. The highest BCUT2D eigenvalue weighted by molar-refractivity contribution is 5.49. The fourth-order valence-corrected chi connectivity index (χ4v) is 2.52. The van der Waals surface area contributed by atoms with Crippen LogP contribution in [0.15, 0.2) is 12.1 Å². The highest BCUT2D eigenvalue weighted by Crippen LogP contribution is 2.36. The SMILES string of the molecule is COc1cc2c(cc1OC)[C@@H](CCCO)NCC2. The lowest BCUT2D eigenvalue weighted by atomic mass is 9.91. The van der Waals surface area contributed by atoms with Gasteiger partial charge in [0, 0.05) is 12.6 Å². The first kappa shape index (κ1) is 13.2. The zero-order valence-electron chi connectivity index (χ0n) is 11.0. The molecule has 0 bridgehead atoms. The van der Waals surface area contributed by atoms with Gasteiger partial charge in [-0.2, -0.15) is 0 Å². The van der Waals surface area contributed by atoms with Crippen LogP contribution in [0.2, 0.25) is 0 Å². The lowest BCUT2D eigenvalue weighted by Crippen LogP contribution is -2.30. The van der Waals surface area contributed by atoms with Crippen LogP contribution in [0.4, 0.5) is 0 Å². The standard InChI is InChI=1S/C14H21NO3/c1-17-13-8-10-5-6-15-12(4-3-7-16)11(10)9-14(13)18-2/h8-9,12,15-16H,3-7H2,1-2H3/t12-/m1/s1. The van der Waals surface area contributed by atoms with Gasteiger partial charge in [0.2, 0.25) is 0 Å². The van der Waals surface area contributed by atoms with E-state index in [-0.39, 0.29) is 6.61 Å². The van der Waals surface area contributed by atoms with Crippen molar-refractivity contribution in [3.63, 3.8) is 0 Å². The Kier molecular flexibility index (Phi) is 4.44. The van der Waals surface area contributed by atoms with E-state index in [2.05, 4.69) is 17.4 Å². The number of benzene rings is 1. The first-order valence-electron chi connectivity index (χ1n) is 6.39. The molecule has 100 valence electrons. The Labute approximate surface area is 108 Å². The number of nitrogens with one attached hydrogen (secondary N) is 1. The fraction of sp³-hybridized carbons (Fsp3) is 0.571. The minimum atomic E-state index is 0.237. The van der Waals surface area contributed by atoms with Crippen LogP contribution in [0.25, 0.3) is 0 Å². The summed E-state index contributed by atoms with van der Waals surface area (Å²) in [6.07, 6.45) is 2.76. The van der Waals surface area contributed by atoms with Gasteiger partial charge >= 0.3 is 0 Å². The van der Waals surface area contributed by atoms with Crippen LogP contribution in [0.5, 0.6) is 11.5 Å². The van der Waals surface area contributed by atoms with Crippen molar-refractivity contribution in [2.24, 2.45) is 0 Å². The van der Waals surface area contributed by atoms with Gasteiger partial charge in [0.05, 0.1) is 14.2 Å². The molecule has 1 aromatic rings. The van der Waals surface area contributed by atoms with E-state index in [1.807, 2.05) is 0 Å². The van der Waals surface area contributed by atoms with Gasteiger partial charge in [-0.15, -0.1) is 0 Å². The largest absolute Gasteiger partial charge is 0.493 e. The predicted octanol–water partition coefficient (Wildman–Crippen LogP) is 1.66. The Hall–Kier alpha value is -1.26. The van der Waals surface area contributed by atoms with Crippen LogP contribution in [-0.2, 0) is 6.42 Å². The monoisotopic (exact) mass is 251 g/mol. The molecule has 0 amide bonds. The Balaban J connectivity index is 2.31. The average molecular weight is 251 g/mol. The topological polar surface area (TPSA) is 50.7 Å². The summed E-state index contributed by atoms with van der Waals surface area (Å²) < 4.78 is 10.7. The lowest BCUT2D eigenvalue weighted by Gasteiger charge is -2.28. The molecule has 0 saturated heterocycles. The lowest BCUT2D eigenvalue weighted by molar-refractivity contribution is 0.273. The molecule has 1 atom stereocenters. The summed E-state index contributed by atoms with van der Waals surface area (Å²) in [4.78, 5) is 0. The first-order valence-corrected chi connectivity index (χ1v) is 6.39. The number of methoxy groups -OCH3 is 2. The van der Waals surface area contributed by atoms with Crippen molar-refractivity contribution < 1.29 is 14.6 Å². The van der Waals surface area contributed by atoms with Gasteiger partial charge < -0.3 is 19.9 Å². The van der Waals surface area contributed by atoms with Gasteiger partial charge in [-0.05, 0) is 49.1 Å². The van der Waals surface area contributed by atoms with Crippen molar-refractivity contribution in [1.29, 1.82) is 0 Å². The Morgan fingerprint density at radius 3 is 2.67 bits per heavy atom. The molecule has 0 unspecified atom stereocenters. The molecule has 1 aliphatic heterocycles. The van der Waals surface area contributed by atoms with Crippen molar-refractivity contribution in [2.75, 3.05) is 27.4 Å². The molecule has 0 saturated carbocycles. The second kappa shape index (κ2) is 6.07. The number of aliphatic hydroxyl groups excluding tert-OH is 1. The fourth-order valence-electron chi connectivity index (χ4n) is 2.52. The van der Waals surface area contributed by atoms with E-state index in [9.17, 15) is 0 Å². The summed E-state index contributed by atoms with van der Waals surface area (Å²) >= 11 is 0. The summed E-state index contributed by atoms with van der Waals surface area (Å²) in [5, 5.41) is 12.4. The van der Waals surface area contributed by atoms with Crippen molar-refractivity contribution in [1.82, 2.24) is 5.32 Å². The molecular formula is C14H21NO3. The van der Waals surface area contributed by atoms with E-state index in [0.717, 1.165) is 37.3 Å². The number of ether oxygens (including phenoxy) is 2. The molecule has 0 radical (unpaired) electrons. The third-order valence-electron chi connectivity index (χ3n) is 3.46. The van der Waals surface area contributed by atoms with Gasteiger partial charge in [-0.25, -0.2) is 0 Å². The van der Waals surface area contributed by atoms with Crippen molar-refractivity contribution in [3.05, 3.63) is 23.3 Å². The number of aliphatic hydroxyl groups is 1. The third kappa shape index (κ3) is 2.60. The van der Waals surface area contributed by atoms with Gasteiger partial charge in [0.15, 0.2) is 11.5 Å². The van der Waals surface area contributed by atoms with E-state index in [4.69, 9.17) is 14.6 Å². The van der Waals surface area contributed by atoms with Crippen LogP contribution in [0, 0.1) is 0 Å². The first-order chi connectivity index (χ1) is 8.80. The summed E-state index contributed by atoms with van der Waals surface area (Å²) in [6.45, 7) is 1.21. The van der Waals surface area contributed by atoms with Crippen LogP contribution in [-0.4, -0.2) is 32.5 Å². The minimum Gasteiger partial charge on any atom is -0.493 e. The summed E-state index contributed by atoms with van der Waals surface area (Å²) in [5.74, 6) is 1.56. The zero-order valence-corrected chi connectivity index (χ0v) is 11.0. The zero-order chi connectivity index (χ0) is 13.0. The highest BCUT2D eigenvalue weighted by Gasteiger charge is 2.21. The van der Waals surface area contributed by atoms with Gasteiger partial charge in [-0.1, -0.05) is 0 Å². The van der Waals surface area contributed by atoms with Crippen LogP contribution in [0.3, 0.4) is 0 Å². The third-order valence-corrected chi connectivity index (χ3v) is 3.46. The van der Waals surface area contributed by atoms with E-state index in [1.54, 1.807) is 14.2 Å². The smallest absolute Gasteiger partial charge is 0.161 e. The van der Waals surface area contributed by atoms with Gasteiger partial charge in [0.25, 0.3) is 0 Å². The van der Waals surface area contributed by atoms with Crippen molar-refractivity contribution >= 4 is 0 Å². The van der Waals surface area contributed by atoms with Crippen LogP contribution < -0.4 is 14.8 Å². The molecular weight excluding hydrogens is 230 g/mol. The molecule has 4 nitrogen and oxygen atoms in total. The molecule has 2 rings (SSSR count). The molecule has 2 N–H and O–H groups in total. The van der Waals surface area contributed by atoms with Gasteiger partial charge in [-0.3, -0.25) is 0 Å². The predicted molar refractivity (Wildman–Crippen MR) is 70.3 cm³/mol. The van der Waals surface area contributed by atoms with E-state index in [1.165, 1.54) is 11.1 Å². The highest BCUT2D eigenvalue weighted by atomic mass is 16.5. The average Bonchev–Trinajstić information content (AvgIpc) is 2.43. The maximum Gasteiger partial charge on any atom is 0.161 e. The Bertz CT molecular complexity index is 406. The molecule has 4 heteroatoms. The number of hydrogen-bond acceptors (Lipinski definition) is 4. The number of hydrogen-bond donors (Lipinski definition) is 2. The maximum absolute atomic E-state index is 8.96. The Morgan fingerprint density at radius 2 is 2.00 bits per heavy atom. The number of rotatable bonds is 5. The Morgan fingerprint density at radius 1 is 1.28 bits per heavy atom. The molecule has 0 aromatic heterocycles. The molecule has 1 heterocycles. The van der Waals surface area contributed by atoms with Crippen LogP contribution >= 0.6 is 0 Å². The van der Waals surface area contributed by atoms with E-state index < -0.39 is 0 Å². The molecule has 1 aliphatic rings. The summed E-state index contributed by atoms with van der Waals surface area (Å²) in [7, 11) is 3.32. The second-order valence-electron chi connectivity index (χ2n) is 4.53. The van der Waals surface area contributed by atoms with E-state index >= 15 is 0 Å². The normalized spacial score (nSPS) is 18.3. The minimum absolute atomic E-state index is 0.237. The van der Waals surface area contributed by atoms with E-state index in [0.29, 0.717) is 6.04 Å². The quantitative estimate of drug-likeness (QED) is 0.835. The summed E-state index contributed by atoms with van der Waals surface area (Å²) in [5.41, 5.74) is 2.58. The molecule has 0 spiro atoms. The van der Waals surface area contributed by atoms with Crippen LogP contribution in [0.1, 0.15) is 30.0 Å². The second-order valence-corrected chi connectivity index (χ2v) is 4.53. The molecule has 1 aromatic carbocycles.